The van der Waals surface area contributed by atoms with Gasteiger partial charge in [-0.05, 0) is 77.0 Å². The molecule has 1 atom stereocenters. The predicted octanol–water partition coefficient (Wildman–Crippen LogP) is 3.72. The monoisotopic (exact) mass is 502 g/mol. The van der Waals surface area contributed by atoms with Crippen molar-refractivity contribution in [2.75, 3.05) is 13.1 Å². The molecule has 2 saturated carbocycles. The van der Waals surface area contributed by atoms with E-state index in [1.54, 1.807) is 13.8 Å². The summed E-state index contributed by atoms with van der Waals surface area (Å²) in [6.07, 6.45) is 10.4. The Hall–Kier alpha value is -2.64. The first kappa shape index (κ1) is 29.6. The standard InChI is InChI=1S/C14H21NO3.C13H17NO3.CH4/c1-9-7-13(17)15(14(9)18)8-11-3-5-12(6-4-11)10(2)16;1-9(15)11-4-2-10(3-5-11)8-14-12(16)6-7-13(14)17;/h9,11-12H,3-8H2,1-2H3;6-7,10-11H,2-5,8H2,1H3;1H4. The van der Waals surface area contributed by atoms with Gasteiger partial charge in [0.15, 0.2) is 0 Å². The molecule has 0 radical (unpaired) electrons. The number of rotatable bonds is 6. The van der Waals surface area contributed by atoms with Crippen molar-refractivity contribution >= 4 is 35.2 Å². The van der Waals surface area contributed by atoms with Crippen LogP contribution in [-0.2, 0) is 28.8 Å². The van der Waals surface area contributed by atoms with Gasteiger partial charge in [-0.2, -0.15) is 0 Å². The second-order valence-corrected chi connectivity index (χ2v) is 10.7. The first-order valence-corrected chi connectivity index (χ1v) is 12.9. The normalized spacial score (nSPS) is 30.1. The lowest BCUT2D eigenvalue weighted by atomic mass is 9.80. The van der Waals surface area contributed by atoms with Gasteiger partial charge in [0.05, 0.1) is 0 Å². The van der Waals surface area contributed by atoms with Crippen molar-refractivity contribution in [3.63, 3.8) is 0 Å². The summed E-state index contributed by atoms with van der Waals surface area (Å²) in [7, 11) is 0. The van der Waals surface area contributed by atoms with Crippen molar-refractivity contribution in [2.45, 2.75) is 86.0 Å². The lowest BCUT2D eigenvalue weighted by Crippen LogP contribution is -2.36. The topological polar surface area (TPSA) is 109 Å². The molecule has 36 heavy (non-hydrogen) atoms. The molecule has 2 heterocycles. The fraction of sp³-hybridized carbons (Fsp3) is 0.714. The van der Waals surface area contributed by atoms with Gasteiger partial charge in [-0.25, -0.2) is 0 Å². The zero-order valence-electron chi connectivity index (χ0n) is 21.2. The van der Waals surface area contributed by atoms with Crippen LogP contribution in [0.4, 0.5) is 0 Å². The van der Waals surface area contributed by atoms with Gasteiger partial charge >= 0.3 is 0 Å². The lowest BCUT2D eigenvalue weighted by Gasteiger charge is -2.29. The molecule has 0 aromatic heterocycles. The van der Waals surface area contributed by atoms with E-state index in [1.807, 2.05) is 6.92 Å². The third kappa shape index (κ3) is 7.43. The number of nitrogens with zero attached hydrogens (tertiary/aromatic N) is 2. The molecule has 0 aromatic carbocycles. The van der Waals surface area contributed by atoms with Crippen LogP contribution in [0, 0.1) is 29.6 Å². The molecule has 0 aromatic rings. The van der Waals surface area contributed by atoms with Crippen LogP contribution < -0.4 is 0 Å². The third-order valence-electron chi connectivity index (χ3n) is 8.09. The summed E-state index contributed by atoms with van der Waals surface area (Å²) in [4.78, 5) is 71.5. The van der Waals surface area contributed by atoms with E-state index in [0.29, 0.717) is 31.3 Å². The fourth-order valence-electron chi connectivity index (χ4n) is 5.67. The van der Waals surface area contributed by atoms with E-state index < -0.39 is 0 Å². The number of imide groups is 2. The van der Waals surface area contributed by atoms with E-state index in [9.17, 15) is 28.8 Å². The number of carbonyl (C=O) groups excluding carboxylic acids is 6. The molecule has 0 bridgehead atoms. The van der Waals surface area contributed by atoms with Crippen molar-refractivity contribution in [1.29, 1.82) is 0 Å². The minimum atomic E-state index is -0.205. The summed E-state index contributed by atoms with van der Waals surface area (Å²) in [5.74, 6) is 1.07. The maximum absolute atomic E-state index is 11.8. The summed E-state index contributed by atoms with van der Waals surface area (Å²) in [5.41, 5.74) is 0. The average Bonchev–Trinajstić information content (AvgIpc) is 3.27. The Labute approximate surface area is 214 Å². The molecule has 3 fully saturated rings. The molecule has 200 valence electrons. The summed E-state index contributed by atoms with van der Waals surface area (Å²) < 4.78 is 0. The number of ketones is 2. The molecular formula is C28H42N2O6. The predicted molar refractivity (Wildman–Crippen MR) is 135 cm³/mol. The number of likely N-dealkylation sites (tertiary alicyclic amines) is 1. The molecule has 1 unspecified atom stereocenters. The van der Waals surface area contributed by atoms with E-state index in [2.05, 4.69) is 0 Å². The molecule has 0 N–H and O–H groups in total. The van der Waals surface area contributed by atoms with Crippen LogP contribution in [0.5, 0.6) is 0 Å². The Morgan fingerprint density at radius 3 is 1.44 bits per heavy atom. The summed E-state index contributed by atoms with van der Waals surface area (Å²) >= 11 is 0. The molecule has 8 nitrogen and oxygen atoms in total. The summed E-state index contributed by atoms with van der Waals surface area (Å²) in [6, 6.07) is 0. The van der Waals surface area contributed by atoms with Gasteiger partial charge in [-0.3, -0.25) is 38.6 Å². The Morgan fingerprint density at radius 2 is 1.11 bits per heavy atom. The second-order valence-electron chi connectivity index (χ2n) is 10.7. The molecule has 4 rings (SSSR count). The van der Waals surface area contributed by atoms with Gasteiger partial charge in [0.2, 0.25) is 11.8 Å². The van der Waals surface area contributed by atoms with Crippen LogP contribution in [0.1, 0.15) is 86.0 Å². The molecule has 0 spiro atoms. The number of carbonyl (C=O) groups is 6. The molecule has 4 amide bonds. The molecular weight excluding hydrogens is 460 g/mol. The SMILES string of the molecule is C.CC(=O)C1CCC(CN2C(=O)C=CC2=O)CC1.CC(=O)C1CCC(CN2C(=O)CC(C)C2=O)CC1. The van der Waals surface area contributed by atoms with Gasteiger partial charge < -0.3 is 0 Å². The Morgan fingerprint density at radius 1 is 0.722 bits per heavy atom. The number of hydrogen-bond acceptors (Lipinski definition) is 6. The fourth-order valence-corrected chi connectivity index (χ4v) is 5.67. The summed E-state index contributed by atoms with van der Waals surface area (Å²) in [5, 5.41) is 0. The molecule has 1 saturated heterocycles. The lowest BCUT2D eigenvalue weighted by molar-refractivity contribution is -0.141. The maximum atomic E-state index is 11.8. The van der Waals surface area contributed by atoms with Gasteiger partial charge in [0.25, 0.3) is 11.8 Å². The van der Waals surface area contributed by atoms with Crippen LogP contribution in [0.3, 0.4) is 0 Å². The first-order valence-electron chi connectivity index (χ1n) is 12.9. The van der Waals surface area contributed by atoms with E-state index in [1.165, 1.54) is 22.0 Å². The van der Waals surface area contributed by atoms with Gasteiger partial charge in [-0.1, -0.05) is 14.4 Å². The van der Waals surface area contributed by atoms with Crippen LogP contribution in [0.15, 0.2) is 12.2 Å². The van der Waals surface area contributed by atoms with Crippen molar-refractivity contribution < 1.29 is 28.8 Å². The molecule has 8 heteroatoms. The molecule has 2 aliphatic carbocycles. The Bertz CT molecular complexity index is 876. The van der Waals surface area contributed by atoms with E-state index in [4.69, 9.17) is 0 Å². The minimum Gasteiger partial charge on any atom is -0.300 e. The van der Waals surface area contributed by atoms with Crippen LogP contribution in [0.25, 0.3) is 0 Å². The average molecular weight is 503 g/mol. The minimum absolute atomic E-state index is 0. The van der Waals surface area contributed by atoms with Gasteiger partial charge in [0, 0.05) is 49.4 Å². The summed E-state index contributed by atoms with van der Waals surface area (Å²) in [6.45, 7) is 6.18. The zero-order chi connectivity index (χ0) is 25.7. The molecule has 2 aliphatic heterocycles. The highest BCUT2D eigenvalue weighted by Gasteiger charge is 2.37. The van der Waals surface area contributed by atoms with E-state index in [-0.39, 0.29) is 60.4 Å². The van der Waals surface area contributed by atoms with E-state index >= 15 is 0 Å². The third-order valence-corrected chi connectivity index (χ3v) is 8.09. The van der Waals surface area contributed by atoms with E-state index in [0.717, 1.165) is 51.4 Å². The van der Waals surface area contributed by atoms with Gasteiger partial charge in [-0.15, -0.1) is 0 Å². The van der Waals surface area contributed by atoms with Crippen LogP contribution in [0.2, 0.25) is 0 Å². The smallest absolute Gasteiger partial charge is 0.253 e. The van der Waals surface area contributed by atoms with Crippen molar-refractivity contribution in [3.05, 3.63) is 12.2 Å². The highest BCUT2D eigenvalue weighted by molar-refractivity contribution is 6.12. The highest BCUT2D eigenvalue weighted by atomic mass is 16.2. The maximum Gasteiger partial charge on any atom is 0.253 e. The highest BCUT2D eigenvalue weighted by Crippen LogP contribution is 2.32. The number of amides is 4. The largest absolute Gasteiger partial charge is 0.300 e. The first-order chi connectivity index (χ1) is 16.6. The quantitative estimate of drug-likeness (QED) is 0.512. The Balaban J connectivity index is 0.000000247. The zero-order valence-corrected chi connectivity index (χ0v) is 21.2. The van der Waals surface area contributed by atoms with Crippen molar-refractivity contribution in [1.82, 2.24) is 9.80 Å². The molecule has 4 aliphatic rings. The number of hydrogen-bond donors (Lipinski definition) is 0. The number of Topliss-reactive ketones (excluding diaryl/α,β-unsaturated/α-hetero) is 2. The van der Waals surface area contributed by atoms with Crippen molar-refractivity contribution in [2.24, 2.45) is 29.6 Å². The van der Waals surface area contributed by atoms with Crippen LogP contribution in [-0.4, -0.2) is 58.1 Å². The van der Waals surface area contributed by atoms with Gasteiger partial charge in [0.1, 0.15) is 11.6 Å². The Kier molecular flexibility index (Phi) is 10.7. The second kappa shape index (κ2) is 13.1. The van der Waals surface area contributed by atoms with Crippen LogP contribution >= 0.6 is 0 Å². The van der Waals surface area contributed by atoms with Crippen molar-refractivity contribution in [3.8, 4) is 0 Å².